The van der Waals surface area contributed by atoms with Crippen LogP contribution in [0, 0.1) is 5.82 Å². The van der Waals surface area contributed by atoms with Crippen molar-refractivity contribution < 1.29 is 22.9 Å². The van der Waals surface area contributed by atoms with Gasteiger partial charge in [0, 0.05) is 29.9 Å². The number of rotatable bonds is 7. The summed E-state index contributed by atoms with van der Waals surface area (Å²) in [5.74, 6) is 1.14. The predicted molar refractivity (Wildman–Crippen MR) is 150 cm³/mol. The SMILES string of the molecule is C[C@H]1COCCN1c1cc(C2(S(=O)c3ccc(F)cc3)CC2)nc(-c2cnc(NC(=O)Oc3ccccc3)nc2)n1. The summed E-state index contributed by atoms with van der Waals surface area (Å²) < 4.78 is 37.4. The molecule has 41 heavy (non-hydrogen) atoms. The van der Waals surface area contributed by atoms with Crippen LogP contribution in [-0.4, -0.2) is 56.0 Å². The third-order valence-electron chi connectivity index (χ3n) is 7.01. The van der Waals surface area contributed by atoms with Gasteiger partial charge in [0.05, 0.1) is 46.1 Å². The number of halogens is 1. The van der Waals surface area contributed by atoms with Crippen LogP contribution < -0.4 is 15.0 Å². The minimum Gasteiger partial charge on any atom is -0.410 e. The van der Waals surface area contributed by atoms with Crippen molar-refractivity contribution in [2.24, 2.45) is 0 Å². The van der Waals surface area contributed by atoms with Gasteiger partial charge in [-0.05, 0) is 56.2 Å². The summed E-state index contributed by atoms with van der Waals surface area (Å²) in [6.07, 6.45) is 3.67. The molecule has 1 saturated heterocycles. The van der Waals surface area contributed by atoms with E-state index in [2.05, 4.69) is 27.1 Å². The lowest BCUT2D eigenvalue weighted by atomic mass is 10.2. The van der Waals surface area contributed by atoms with E-state index in [0.717, 1.165) is 0 Å². The number of anilines is 2. The zero-order chi connectivity index (χ0) is 28.4. The summed E-state index contributed by atoms with van der Waals surface area (Å²) in [4.78, 5) is 33.1. The lowest BCUT2D eigenvalue weighted by Gasteiger charge is -2.34. The molecule has 4 aromatic rings. The Morgan fingerprint density at radius 2 is 1.83 bits per heavy atom. The molecule has 1 amide bonds. The van der Waals surface area contributed by atoms with E-state index in [0.29, 0.717) is 66.1 Å². The first kappa shape index (κ1) is 26.9. The van der Waals surface area contributed by atoms with E-state index in [1.807, 2.05) is 12.1 Å². The Morgan fingerprint density at radius 3 is 2.51 bits per heavy atom. The van der Waals surface area contributed by atoms with Crippen molar-refractivity contribution in [3.8, 4) is 17.1 Å². The molecular weight excluding hydrogens is 547 g/mol. The first-order chi connectivity index (χ1) is 19.9. The molecule has 2 aromatic heterocycles. The summed E-state index contributed by atoms with van der Waals surface area (Å²) in [6, 6.07) is 16.4. The van der Waals surface area contributed by atoms with Crippen molar-refractivity contribution in [2.75, 3.05) is 30.0 Å². The number of carbonyl (C=O) groups is 1. The molecule has 0 radical (unpaired) electrons. The Hall–Kier alpha value is -4.29. The number of nitrogens with one attached hydrogen (secondary N) is 1. The molecule has 2 aromatic carbocycles. The van der Waals surface area contributed by atoms with Crippen LogP contribution in [0.2, 0.25) is 0 Å². The van der Waals surface area contributed by atoms with Gasteiger partial charge >= 0.3 is 6.09 Å². The molecule has 1 N–H and O–H groups in total. The molecule has 1 saturated carbocycles. The van der Waals surface area contributed by atoms with Gasteiger partial charge in [-0.1, -0.05) is 18.2 Å². The van der Waals surface area contributed by atoms with Gasteiger partial charge in [-0.3, -0.25) is 9.53 Å². The Kier molecular flexibility index (Phi) is 7.41. The molecule has 6 rings (SSSR count). The highest BCUT2D eigenvalue weighted by molar-refractivity contribution is 7.86. The zero-order valence-electron chi connectivity index (χ0n) is 22.2. The van der Waals surface area contributed by atoms with E-state index in [9.17, 15) is 13.4 Å². The van der Waals surface area contributed by atoms with Crippen LogP contribution >= 0.6 is 0 Å². The largest absolute Gasteiger partial charge is 0.419 e. The molecule has 10 nitrogen and oxygen atoms in total. The average Bonchev–Trinajstić information content (AvgIpc) is 3.80. The Labute approximate surface area is 238 Å². The first-order valence-electron chi connectivity index (χ1n) is 13.2. The molecule has 0 spiro atoms. The normalized spacial score (nSPS) is 18.4. The van der Waals surface area contributed by atoms with Crippen LogP contribution in [0.25, 0.3) is 11.4 Å². The molecule has 3 heterocycles. The summed E-state index contributed by atoms with van der Waals surface area (Å²) in [7, 11) is -1.45. The van der Waals surface area contributed by atoms with E-state index < -0.39 is 21.6 Å². The van der Waals surface area contributed by atoms with Gasteiger partial charge in [-0.15, -0.1) is 0 Å². The molecule has 1 aliphatic heterocycles. The molecule has 2 aliphatic rings. The minimum absolute atomic E-state index is 0.0592. The number of ether oxygens (including phenoxy) is 2. The van der Waals surface area contributed by atoms with Crippen LogP contribution in [0.4, 0.5) is 21.0 Å². The second kappa shape index (κ2) is 11.3. The molecule has 2 fully saturated rings. The van der Waals surface area contributed by atoms with E-state index in [1.54, 1.807) is 36.4 Å². The monoisotopic (exact) mass is 574 g/mol. The predicted octanol–water partition coefficient (Wildman–Crippen LogP) is 4.71. The Balaban J connectivity index is 1.30. The summed E-state index contributed by atoms with van der Waals surface area (Å²) >= 11 is 0. The van der Waals surface area contributed by atoms with E-state index >= 15 is 0 Å². The first-order valence-corrected chi connectivity index (χ1v) is 14.3. The van der Waals surface area contributed by atoms with Crippen molar-refractivity contribution in [3.05, 3.63) is 84.6 Å². The number of aromatic nitrogens is 4. The van der Waals surface area contributed by atoms with Crippen LogP contribution in [0.3, 0.4) is 0 Å². The van der Waals surface area contributed by atoms with E-state index in [1.165, 1.54) is 24.5 Å². The van der Waals surface area contributed by atoms with Crippen molar-refractivity contribution in [1.29, 1.82) is 0 Å². The van der Waals surface area contributed by atoms with Gasteiger partial charge in [0.1, 0.15) is 17.4 Å². The van der Waals surface area contributed by atoms with Crippen LogP contribution in [0.1, 0.15) is 25.5 Å². The zero-order valence-corrected chi connectivity index (χ0v) is 23.0. The van der Waals surface area contributed by atoms with Crippen molar-refractivity contribution in [3.63, 3.8) is 0 Å². The molecule has 12 heteroatoms. The molecule has 1 aliphatic carbocycles. The third-order valence-corrected chi connectivity index (χ3v) is 9.03. The number of nitrogens with zero attached hydrogens (tertiary/aromatic N) is 5. The van der Waals surface area contributed by atoms with E-state index in [-0.39, 0.29) is 17.8 Å². The maximum Gasteiger partial charge on any atom is 0.419 e. The van der Waals surface area contributed by atoms with Gasteiger partial charge in [0.2, 0.25) is 5.95 Å². The summed E-state index contributed by atoms with van der Waals surface area (Å²) in [6.45, 7) is 3.83. The summed E-state index contributed by atoms with van der Waals surface area (Å²) in [5, 5.41) is 2.51. The number of hydrogen-bond acceptors (Lipinski definition) is 9. The van der Waals surface area contributed by atoms with Crippen LogP contribution in [-0.2, 0) is 20.3 Å². The van der Waals surface area contributed by atoms with Crippen molar-refractivity contribution >= 4 is 28.7 Å². The molecule has 1 unspecified atom stereocenters. The number of morpholine rings is 1. The highest BCUT2D eigenvalue weighted by atomic mass is 32.2. The highest BCUT2D eigenvalue weighted by Gasteiger charge is 2.52. The van der Waals surface area contributed by atoms with Crippen molar-refractivity contribution in [1.82, 2.24) is 19.9 Å². The second-order valence-electron chi connectivity index (χ2n) is 9.89. The fourth-order valence-corrected chi connectivity index (χ4v) is 6.27. The number of amides is 1. The molecular formula is C29H27FN6O4S. The van der Waals surface area contributed by atoms with E-state index in [4.69, 9.17) is 19.4 Å². The van der Waals surface area contributed by atoms with Gasteiger partial charge in [-0.2, -0.15) is 0 Å². The standard InChI is InChI=1S/C29H27FN6O4S/c1-19-18-39-14-13-36(19)25-15-24(29(11-12-29)41(38)23-9-7-21(30)8-10-23)33-26(34-25)20-16-31-27(32-17-20)35-28(37)40-22-5-3-2-4-6-22/h2-10,15-17,19H,11-14,18H2,1H3,(H,31,32,35,37)/t19-,41?/m0/s1. The Morgan fingerprint density at radius 1 is 1.10 bits per heavy atom. The van der Waals surface area contributed by atoms with Crippen molar-refractivity contribution in [2.45, 2.75) is 35.4 Å². The second-order valence-corrected chi connectivity index (χ2v) is 11.7. The topological polar surface area (TPSA) is 119 Å². The molecule has 210 valence electrons. The lowest BCUT2D eigenvalue weighted by molar-refractivity contribution is 0.0985. The van der Waals surface area contributed by atoms with Crippen LogP contribution in [0.5, 0.6) is 5.75 Å². The molecule has 2 atom stereocenters. The fourth-order valence-electron chi connectivity index (χ4n) is 4.67. The summed E-state index contributed by atoms with van der Waals surface area (Å²) in [5.41, 5.74) is 1.17. The number of carbonyl (C=O) groups excluding carboxylic acids is 1. The van der Waals surface area contributed by atoms with Crippen LogP contribution in [0.15, 0.2) is 78.0 Å². The number of para-hydroxylation sites is 1. The van der Waals surface area contributed by atoms with Gasteiger partial charge in [-0.25, -0.2) is 29.1 Å². The minimum atomic E-state index is -1.45. The van der Waals surface area contributed by atoms with Gasteiger partial charge in [0.15, 0.2) is 5.82 Å². The number of hydrogen-bond donors (Lipinski definition) is 1. The fraction of sp³-hybridized carbons (Fsp3) is 0.276. The smallest absolute Gasteiger partial charge is 0.410 e. The maximum absolute atomic E-state index is 13.7. The highest BCUT2D eigenvalue weighted by Crippen LogP contribution is 2.53. The van der Waals surface area contributed by atoms with Gasteiger partial charge in [0.25, 0.3) is 0 Å². The third kappa shape index (κ3) is 5.79. The Bertz CT molecular complexity index is 1570. The quantitative estimate of drug-likeness (QED) is 0.335. The van der Waals surface area contributed by atoms with Gasteiger partial charge < -0.3 is 14.4 Å². The average molecular weight is 575 g/mol. The lowest BCUT2D eigenvalue weighted by Crippen LogP contribution is -2.44. The maximum atomic E-state index is 13.7. The number of benzene rings is 2. The molecule has 0 bridgehead atoms.